The Labute approximate surface area is 93.2 Å². The molecule has 1 amide bonds. The lowest BCUT2D eigenvalue weighted by Crippen LogP contribution is -2.38. The Morgan fingerprint density at radius 3 is 2.47 bits per heavy atom. The lowest BCUT2D eigenvalue weighted by atomic mass is 9.88. The van der Waals surface area contributed by atoms with E-state index in [1.807, 2.05) is 0 Å². The predicted molar refractivity (Wildman–Crippen MR) is 62.8 cm³/mol. The van der Waals surface area contributed by atoms with Gasteiger partial charge < -0.3 is 10.2 Å². The van der Waals surface area contributed by atoms with E-state index in [-0.39, 0.29) is 11.3 Å². The van der Waals surface area contributed by atoms with Crippen molar-refractivity contribution >= 4 is 5.91 Å². The summed E-state index contributed by atoms with van der Waals surface area (Å²) in [4.78, 5) is 14.0. The van der Waals surface area contributed by atoms with Crippen molar-refractivity contribution in [2.24, 2.45) is 5.41 Å². The van der Waals surface area contributed by atoms with Crippen LogP contribution in [0.5, 0.6) is 0 Å². The molecule has 0 atom stereocenters. The van der Waals surface area contributed by atoms with Crippen molar-refractivity contribution in [2.45, 2.75) is 39.0 Å². The molecule has 0 aromatic heterocycles. The maximum atomic E-state index is 11.9. The van der Waals surface area contributed by atoms with Crippen LogP contribution in [0.25, 0.3) is 0 Å². The molecule has 1 fully saturated rings. The number of nitrogens with one attached hydrogen (secondary N) is 1. The molecule has 0 unspecified atom stereocenters. The molecular weight excluding hydrogens is 188 g/mol. The van der Waals surface area contributed by atoms with Crippen LogP contribution in [-0.4, -0.2) is 38.0 Å². The summed E-state index contributed by atoms with van der Waals surface area (Å²) < 4.78 is 0. The van der Waals surface area contributed by atoms with E-state index in [0.717, 1.165) is 32.4 Å². The second kappa shape index (κ2) is 5.50. The van der Waals surface area contributed by atoms with Gasteiger partial charge in [0.05, 0.1) is 0 Å². The number of hydrogen-bond donors (Lipinski definition) is 1. The Bertz CT molecular complexity index is 208. The number of nitrogens with zero attached hydrogens (tertiary/aromatic N) is 1. The molecule has 0 heterocycles. The zero-order valence-electron chi connectivity index (χ0n) is 10.3. The summed E-state index contributed by atoms with van der Waals surface area (Å²) in [5.74, 6) is 0.263. The SMILES string of the molecule is CN(C)CCCNC(=O)C1(C)CCCC1. The van der Waals surface area contributed by atoms with Crippen LogP contribution in [0.1, 0.15) is 39.0 Å². The minimum Gasteiger partial charge on any atom is -0.356 e. The predicted octanol–water partition coefficient (Wildman–Crippen LogP) is 1.63. The minimum absolute atomic E-state index is 0.0713. The first-order valence-electron chi connectivity index (χ1n) is 5.98. The number of amides is 1. The van der Waals surface area contributed by atoms with Gasteiger partial charge in [-0.3, -0.25) is 4.79 Å². The van der Waals surface area contributed by atoms with Gasteiger partial charge in [-0.2, -0.15) is 0 Å². The average molecular weight is 212 g/mol. The Morgan fingerprint density at radius 1 is 1.33 bits per heavy atom. The third-order valence-corrected chi connectivity index (χ3v) is 3.32. The average Bonchev–Trinajstić information content (AvgIpc) is 2.60. The zero-order valence-corrected chi connectivity index (χ0v) is 10.3. The second-order valence-electron chi connectivity index (χ2n) is 5.18. The maximum absolute atomic E-state index is 11.9. The van der Waals surface area contributed by atoms with E-state index in [9.17, 15) is 4.79 Å². The maximum Gasteiger partial charge on any atom is 0.225 e. The highest BCUT2D eigenvalue weighted by Crippen LogP contribution is 2.37. The monoisotopic (exact) mass is 212 g/mol. The molecule has 0 spiro atoms. The molecule has 1 N–H and O–H groups in total. The summed E-state index contributed by atoms with van der Waals surface area (Å²) >= 11 is 0. The topological polar surface area (TPSA) is 32.3 Å². The van der Waals surface area contributed by atoms with Gasteiger partial charge in [-0.25, -0.2) is 0 Å². The minimum atomic E-state index is -0.0713. The van der Waals surface area contributed by atoms with E-state index in [2.05, 4.69) is 31.2 Å². The fourth-order valence-electron chi connectivity index (χ4n) is 2.19. The molecule has 88 valence electrons. The highest BCUT2D eigenvalue weighted by Gasteiger charge is 2.35. The van der Waals surface area contributed by atoms with Crippen LogP contribution in [0.3, 0.4) is 0 Å². The van der Waals surface area contributed by atoms with E-state index in [1.165, 1.54) is 12.8 Å². The smallest absolute Gasteiger partial charge is 0.225 e. The second-order valence-corrected chi connectivity index (χ2v) is 5.18. The van der Waals surface area contributed by atoms with Crippen molar-refractivity contribution < 1.29 is 4.79 Å². The fraction of sp³-hybridized carbons (Fsp3) is 0.917. The molecule has 0 aliphatic heterocycles. The fourth-order valence-corrected chi connectivity index (χ4v) is 2.19. The summed E-state index contributed by atoms with van der Waals surface area (Å²) in [6.45, 7) is 3.95. The van der Waals surface area contributed by atoms with Gasteiger partial charge in [0, 0.05) is 12.0 Å². The van der Waals surface area contributed by atoms with Crippen molar-refractivity contribution in [3.8, 4) is 0 Å². The Morgan fingerprint density at radius 2 is 1.93 bits per heavy atom. The van der Waals surface area contributed by atoms with E-state index in [1.54, 1.807) is 0 Å². The molecule has 0 radical (unpaired) electrons. The number of rotatable bonds is 5. The summed E-state index contributed by atoms with van der Waals surface area (Å²) in [5.41, 5.74) is -0.0713. The van der Waals surface area contributed by atoms with Crippen LogP contribution in [-0.2, 0) is 4.79 Å². The van der Waals surface area contributed by atoms with Gasteiger partial charge in [-0.1, -0.05) is 19.8 Å². The number of carbonyl (C=O) groups is 1. The third kappa shape index (κ3) is 3.82. The van der Waals surface area contributed by atoms with E-state index < -0.39 is 0 Å². The molecule has 0 aromatic carbocycles. The molecule has 1 aliphatic carbocycles. The van der Waals surface area contributed by atoms with E-state index in [0.29, 0.717) is 0 Å². The number of hydrogen-bond acceptors (Lipinski definition) is 2. The third-order valence-electron chi connectivity index (χ3n) is 3.32. The summed E-state index contributed by atoms with van der Waals surface area (Å²) in [6.07, 6.45) is 5.58. The van der Waals surface area contributed by atoms with Crippen LogP contribution >= 0.6 is 0 Å². The normalized spacial score (nSPS) is 19.5. The number of carbonyl (C=O) groups excluding carboxylic acids is 1. The van der Waals surface area contributed by atoms with Gasteiger partial charge in [0.25, 0.3) is 0 Å². The summed E-state index contributed by atoms with van der Waals surface area (Å²) in [7, 11) is 4.11. The first-order valence-corrected chi connectivity index (χ1v) is 5.98. The van der Waals surface area contributed by atoms with Crippen LogP contribution in [0.4, 0.5) is 0 Å². The molecule has 1 saturated carbocycles. The molecular formula is C12H24N2O. The molecule has 3 heteroatoms. The first kappa shape index (κ1) is 12.5. The Balaban J connectivity index is 2.18. The van der Waals surface area contributed by atoms with Gasteiger partial charge in [-0.05, 0) is 39.9 Å². The van der Waals surface area contributed by atoms with Gasteiger partial charge in [0.1, 0.15) is 0 Å². The van der Waals surface area contributed by atoms with Crippen LogP contribution in [0, 0.1) is 5.41 Å². The van der Waals surface area contributed by atoms with Crippen LogP contribution < -0.4 is 5.32 Å². The van der Waals surface area contributed by atoms with Crippen LogP contribution in [0.15, 0.2) is 0 Å². The van der Waals surface area contributed by atoms with E-state index >= 15 is 0 Å². The lowest BCUT2D eigenvalue weighted by Gasteiger charge is -2.22. The quantitative estimate of drug-likeness (QED) is 0.703. The summed E-state index contributed by atoms with van der Waals surface area (Å²) in [5, 5.41) is 3.05. The van der Waals surface area contributed by atoms with Crippen molar-refractivity contribution in [3.05, 3.63) is 0 Å². The highest BCUT2D eigenvalue weighted by molar-refractivity contribution is 5.82. The standard InChI is InChI=1S/C12H24N2O/c1-12(7-4-5-8-12)11(15)13-9-6-10-14(2)3/h4-10H2,1-3H3,(H,13,15). The van der Waals surface area contributed by atoms with Gasteiger partial charge in [0.2, 0.25) is 5.91 Å². The Kier molecular flexibility index (Phi) is 4.58. The molecule has 0 bridgehead atoms. The lowest BCUT2D eigenvalue weighted by molar-refractivity contribution is -0.129. The molecule has 3 nitrogen and oxygen atoms in total. The summed E-state index contributed by atoms with van der Waals surface area (Å²) in [6, 6.07) is 0. The zero-order chi connectivity index (χ0) is 11.3. The largest absolute Gasteiger partial charge is 0.356 e. The molecule has 15 heavy (non-hydrogen) atoms. The van der Waals surface area contributed by atoms with Gasteiger partial charge in [-0.15, -0.1) is 0 Å². The van der Waals surface area contributed by atoms with Crippen molar-refractivity contribution in [1.29, 1.82) is 0 Å². The first-order chi connectivity index (χ1) is 7.04. The molecule has 1 rings (SSSR count). The molecule has 0 saturated heterocycles. The molecule has 0 aromatic rings. The van der Waals surface area contributed by atoms with Crippen molar-refractivity contribution in [3.63, 3.8) is 0 Å². The van der Waals surface area contributed by atoms with Crippen molar-refractivity contribution in [1.82, 2.24) is 10.2 Å². The molecule has 1 aliphatic rings. The van der Waals surface area contributed by atoms with Gasteiger partial charge in [0.15, 0.2) is 0 Å². The van der Waals surface area contributed by atoms with Gasteiger partial charge >= 0.3 is 0 Å². The van der Waals surface area contributed by atoms with Crippen LogP contribution in [0.2, 0.25) is 0 Å². The van der Waals surface area contributed by atoms with Crippen molar-refractivity contribution in [2.75, 3.05) is 27.2 Å². The highest BCUT2D eigenvalue weighted by atomic mass is 16.2. The van der Waals surface area contributed by atoms with E-state index in [4.69, 9.17) is 0 Å². The Hall–Kier alpha value is -0.570.